The Morgan fingerprint density at radius 2 is 1.33 bits per heavy atom. The van der Waals surface area contributed by atoms with Gasteiger partial charge in [-0.1, -0.05) is 24.3 Å². The summed E-state index contributed by atoms with van der Waals surface area (Å²) in [6, 6.07) is 13.6. The van der Waals surface area contributed by atoms with Gasteiger partial charge in [0, 0.05) is 42.4 Å². The first kappa shape index (κ1) is 24.3. The predicted octanol–water partition coefficient (Wildman–Crippen LogP) is 4.23. The second-order valence-electron chi connectivity index (χ2n) is 6.20. The van der Waals surface area contributed by atoms with Crippen molar-refractivity contribution in [2.75, 3.05) is 17.2 Å². The summed E-state index contributed by atoms with van der Waals surface area (Å²) in [5.74, 6) is -0.474. The van der Waals surface area contributed by atoms with Crippen LogP contribution in [0.1, 0.15) is 48.4 Å². The van der Waals surface area contributed by atoms with E-state index in [0.29, 0.717) is 29.1 Å². The monoisotopic (exact) mass is 410 g/mol. The molecule has 7 heteroatoms. The van der Waals surface area contributed by atoms with Crippen molar-refractivity contribution in [3.8, 4) is 0 Å². The molecule has 0 unspecified atom stereocenters. The zero-order valence-electron chi connectivity index (χ0n) is 17.5. The lowest BCUT2D eigenvalue weighted by molar-refractivity contribution is -0.115. The van der Waals surface area contributed by atoms with E-state index < -0.39 is 0 Å². The summed E-state index contributed by atoms with van der Waals surface area (Å²) in [4.78, 5) is 44.2. The number of ether oxygens (including phenoxy) is 1. The number of carbonyl (C=O) groups is 4. The molecule has 0 saturated carbocycles. The molecule has 0 fully saturated rings. The molecule has 0 radical (unpaired) electrons. The molecule has 0 saturated heterocycles. The third kappa shape index (κ3) is 9.45. The van der Waals surface area contributed by atoms with E-state index in [1.165, 1.54) is 33.1 Å². The number of hydrogen-bond acceptors (Lipinski definition) is 5. The molecule has 2 N–H and O–H groups in total. The highest BCUT2D eigenvalue weighted by Crippen LogP contribution is 2.12. The summed E-state index contributed by atoms with van der Waals surface area (Å²) in [6.45, 7) is 6.71. The molecular formula is C23H26N2O5. The topological polar surface area (TPSA) is 102 Å². The highest BCUT2D eigenvalue weighted by Gasteiger charge is 2.03. The lowest BCUT2D eigenvalue weighted by Crippen LogP contribution is -2.06. The van der Waals surface area contributed by atoms with E-state index in [-0.39, 0.29) is 23.4 Å². The van der Waals surface area contributed by atoms with Gasteiger partial charge in [-0.25, -0.2) is 0 Å². The maximum atomic E-state index is 11.7. The highest BCUT2D eigenvalue weighted by atomic mass is 16.5. The van der Waals surface area contributed by atoms with Crippen molar-refractivity contribution in [3.63, 3.8) is 0 Å². The van der Waals surface area contributed by atoms with Gasteiger partial charge in [0.15, 0.2) is 11.6 Å². The number of carbonyl (C=O) groups excluding carboxylic acids is 4. The van der Waals surface area contributed by atoms with Gasteiger partial charge in [0.1, 0.15) is 0 Å². The number of hydrogen-bond donors (Lipinski definition) is 2. The highest BCUT2D eigenvalue weighted by molar-refractivity contribution is 6.05. The number of nitrogens with one attached hydrogen (secondary N) is 2. The molecule has 0 aliphatic rings. The number of ketones is 2. The van der Waals surface area contributed by atoms with Crippen molar-refractivity contribution in [2.45, 2.75) is 27.7 Å². The Kier molecular flexibility index (Phi) is 10.3. The molecule has 7 nitrogen and oxygen atoms in total. The van der Waals surface area contributed by atoms with E-state index in [0.717, 1.165) is 0 Å². The predicted molar refractivity (Wildman–Crippen MR) is 117 cm³/mol. The summed E-state index contributed by atoms with van der Waals surface area (Å²) in [5, 5.41) is 5.23. The molecule has 0 bridgehead atoms. The molecule has 0 spiro atoms. The summed E-state index contributed by atoms with van der Waals surface area (Å²) < 4.78 is 4.95. The van der Waals surface area contributed by atoms with E-state index in [1.807, 2.05) is 6.92 Å². The van der Waals surface area contributed by atoms with E-state index >= 15 is 0 Å². The Hall–Kier alpha value is -3.74. The number of anilines is 2. The quantitative estimate of drug-likeness (QED) is 0.404. The van der Waals surface area contributed by atoms with Gasteiger partial charge in [-0.05, 0) is 38.1 Å². The number of Topliss-reactive ketones (excluding diaryl/α,β-unsaturated/α-hetero) is 1. The van der Waals surface area contributed by atoms with Crippen LogP contribution in [-0.4, -0.2) is 30.0 Å². The minimum atomic E-state index is -0.167. The van der Waals surface area contributed by atoms with Gasteiger partial charge in [-0.15, -0.1) is 0 Å². The van der Waals surface area contributed by atoms with Crippen LogP contribution in [0.4, 0.5) is 11.4 Å². The fourth-order valence-electron chi connectivity index (χ4n) is 2.28. The Bertz CT molecular complexity index is 935. The van der Waals surface area contributed by atoms with Crippen molar-refractivity contribution in [2.24, 2.45) is 0 Å². The van der Waals surface area contributed by atoms with Crippen LogP contribution in [0.5, 0.6) is 0 Å². The van der Waals surface area contributed by atoms with Crippen LogP contribution >= 0.6 is 0 Å². The standard InChI is InChI=1S/C13H15NO3.C10H11NO2/c1-3-17-8-7-13(16)11-5-4-6-12(9-11)14-10(2)15;1-7(12)9-4-3-5-10(6-9)11-8(2)13/h4-9H,3H2,1-2H3,(H,14,15);3-6H,1-2H3,(H,11,13)/b8-7+;. The molecular weight excluding hydrogens is 384 g/mol. The summed E-state index contributed by atoms with van der Waals surface area (Å²) >= 11 is 0. The molecule has 2 rings (SSSR count). The molecule has 0 aromatic heterocycles. The van der Waals surface area contributed by atoms with Gasteiger partial charge in [-0.3, -0.25) is 19.2 Å². The average Bonchev–Trinajstić information content (AvgIpc) is 2.68. The Morgan fingerprint density at radius 3 is 1.80 bits per heavy atom. The van der Waals surface area contributed by atoms with E-state index in [1.54, 1.807) is 48.5 Å². The van der Waals surface area contributed by atoms with Gasteiger partial charge < -0.3 is 15.4 Å². The second-order valence-corrected chi connectivity index (χ2v) is 6.20. The zero-order chi connectivity index (χ0) is 22.5. The van der Waals surface area contributed by atoms with Crippen LogP contribution in [0.15, 0.2) is 60.9 Å². The van der Waals surface area contributed by atoms with Gasteiger partial charge in [-0.2, -0.15) is 0 Å². The Morgan fingerprint density at radius 1 is 0.833 bits per heavy atom. The minimum Gasteiger partial charge on any atom is -0.501 e. The summed E-state index contributed by atoms with van der Waals surface area (Å²) in [5.41, 5.74) is 2.37. The maximum Gasteiger partial charge on any atom is 0.221 e. The molecule has 2 amide bonds. The van der Waals surface area contributed by atoms with Gasteiger partial charge in [0.2, 0.25) is 11.8 Å². The Balaban J connectivity index is 0.000000311. The molecule has 0 atom stereocenters. The van der Waals surface area contributed by atoms with Crippen LogP contribution in [0.25, 0.3) is 0 Å². The van der Waals surface area contributed by atoms with Crippen molar-refractivity contribution in [3.05, 3.63) is 72.0 Å². The third-order valence-corrected chi connectivity index (χ3v) is 3.54. The molecule has 30 heavy (non-hydrogen) atoms. The van der Waals surface area contributed by atoms with E-state index in [2.05, 4.69) is 10.6 Å². The van der Waals surface area contributed by atoms with Gasteiger partial charge in [0.05, 0.1) is 12.9 Å². The van der Waals surface area contributed by atoms with E-state index in [9.17, 15) is 19.2 Å². The van der Waals surface area contributed by atoms with Crippen LogP contribution in [0.2, 0.25) is 0 Å². The van der Waals surface area contributed by atoms with Crippen molar-refractivity contribution < 1.29 is 23.9 Å². The molecule has 0 aliphatic carbocycles. The first-order chi connectivity index (χ1) is 14.2. The molecule has 158 valence electrons. The fraction of sp³-hybridized carbons (Fsp3) is 0.217. The zero-order valence-corrected chi connectivity index (χ0v) is 17.5. The lowest BCUT2D eigenvalue weighted by Gasteiger charge is -2.03. The lowest BCUT2D eigenvalue weighted by atomic mass is 10.1. The van der Waals surface area contributed by atoms with Crippen LogP contribution in [0.3, 0.4) is 0 Å². The van der Waals surface area contributed by atoms with Gasteiger partial charge >= 0.3 is 0 Å². The number of benzene rings is 2. The maximum absolute atomic E-state index is 11.7. The smallest absolute Gasteiger partial charge is 0.221 e. The fourth-order valence-corrected chi connectivity index (χ4v) is 2.28. The number of amides is 2. The minimum absolute atomic E-state index is 0.00722. The molecule has 0 aliphatic heterocycles. The average molecular weight is 410 g/mol. The van der Waals surface area contributed by atoms with Crippen LogP contribution in [-0.2, 0) is 14.3 Å². The first-order valence-corrected chi connectivity index (χ1v) is 9.31. The SMILES string of the molecule is CC(=O)Nc1cccc(C(C)=O)c1.CCO/C=C/C(=O)c1cccc(NC(C)=O)c1. The van der Waals surface area contributed by atoms with Crippen molar-refractivity contribution >= 4 is 34.8 Å². The second kappa shape index (κ2) is 12.7. The summed E-state index contributed by atoms with van der Waals surface area (Å²) in [6.07, 6.45) is 2.73. The Labute approximate surface area is 176 Å². The van der Waals surface area contributed by atoms with Crippen LogP contribution < -0.4 is 10.6 Å². The molecule has 0 heterocycles. The van der Waals surface area contributed by atoms with Gasteiger partial charge in [0.25, 0.3) is 0 Å². The molecule has 2 aromatic carbocycles. The molecule has 2 aromatic rings. The third-order valence-electron chi connectivity index (χ3n) is 3.54. The van der Waals surface area contributed by atoms with Crippen molar-refractivity contribution in [1.29, 1.82) is 0 Å². The van der Waals surface area contributed by atoms with Crippen LogP contribution in [0, 0.1) is 0 Å². The number of allylic oxidation sites excluding steroid dienone is 1. The largest absolute Gasteiger partial charge is 0.501 e. The van der Waals surface area contributed by atoms with Crippen molar-refractivity contribution in [1.82, 2.24) is 0 Å². The summed E-state index contributed by atoms with van der Waals surface area (Å²) in [7, 11) is 0. The van der Waals surface area contributed by atoms with E-state index in [4.69, 9.17) is 4.74 Å². The first-order valence-electron chi connectivity index (χ1n) is 9.31. The normalized spacial score (nSPS) is 9.87. The number of rotatable bonds is 7.